The van der Waals surface area contributed by atoms with E-state index in [0.717, 1.165) is 28.0 Å². The van der Waals surface area contributed by atoms with Crippen LogP contribution in [0.3, 0.4) is 0 Å². The van der Waals surface area contributed by atoms with E-state index < -0.39 is 24.4 Å². The minimum Gasteiger partial charge on any atom is -0.497 e. The van der Waals surface area contributed by atoms with Crippen molar-refractivity contribution in [2.75, 3.05) is 7.11 Å². The fourth-order valence-electron chi connectivity index (χ4n) is 4.41. The third kappa shape index (κ3) is 10.3. The number of hydrogen-bond donors (Lipinski definition) is 0. The summed E-state index contributed by atoms with van der Waals surface area (Å²) >= 11 is 0. The summed E-state index contributed by atoms with van der Waals surface area (Å²) < 4.78 is 24.4. The van der Waals surface area contributed by atoms with E-state index in [4.69, 9.17) is 28.7 Å². The molecule has 0 unspecified atom stereocenters. The Morgan fingerprint density at radius 1 is 0.581 bits per heavy atom. The predicted molar refractivity (Wildman–Crippen MR) is 164 cm³/mol. The lowest BCUT2D eigenvalue weighted by Crippen LogP contribution is -2.49. The maximum atomic E-state index is 12.5. The second kappa shape index (κ2) is 17.8. The van der Waals surface area contributed by atoms with Crippen LogP contribution in [-0.4, -0.2) is 37.8 Å². The Kier molecular flexibility index (Phi) is 13.1. The van der Waals surface area contributed by atoms with Crippen molar-refractivity contribution in [1.29, 1.82) is 0 Å². The summed E-state index contributed by atoms with van der Waals surface area (Å²) in [5.74, 6) is 0.731. The molecule has 0 saturated heterocycles. The molecule has 4 aromatic carbocycles. The molecule has 0 amide bonds. The molecule has 0 aromatic heterocycles. The second-order valence-corrected chi connectivity index (χ2v) is 9.83. The van der Waals surface area contributed by atoms with E-state index in [1.54, 1.807) is 13.2 Å². The van der Waals surface area contributed by atoms with E-state index in [2.05, 4.69) is 6.58 Å². The fraction of sp³-hybridized carbons (Fsp3) is 0.250. The first-order valence-corrected chi connectivity index (χ1v) is 14.2. The molecule has 0 bridgehead atoms. The molecule has 224 valence electrons. The molecule has 4 aromatic rings. The average Bonchev–Trinajstić information content (AvgIpc) is 3.07. The van der Waals surface area contributed by atoms with Gasteiger partial charge in [-0.1, -0.05) is 109 Å². The van der Waals surface area contributed by atoms with Crippen LogP contribution in [0.15, 0.2) is 128 Å². The number of hydrogen-bond acceptors (Lipinski definition) is 7. The van der Waals surface area contributed by atoms with Crippen molar-refractivity contribution in [1.82, 2.24) is 0 Å². The molecule has 0 fully saturated rings. The fourth-order valence-corrected chi connectivity index (χ4v) is 4.41. The van der Waals surface area contributed by atoms with Gasteiger partial charge in [0.15, 0.2) is 12.4 Å². The normalized spacial score (nSPS) is 13.9. The summed E-state index contributed by atoms with van der Waals surface area (Å²) in [6.45, 7) is 4.92. The summed E-state index contributed by atoms with van der Waals surface area (Å²) in [6, 6.07) is 36.6. The van der Waals surface area contributed by atoms with E-state index in [1.165, 1.54) is 0 Å². The van der Waals surface area contributed by atoms with Gasteiger partial charge in [0.2, 0.25) is 0 Å². The van der Waals surface area contributed by atoms with Gasteiger partial charge in [-0.15, -0.1) is 6.58 Å². The van der Waals surface area contributed by atoms with E-state index >= 15 is 0 Å². The van der Waals surface area contributed by atoms with Crippen molar-refractivity contribution in [2.24, 2.45) is 0 Å². The molecule has 7 nitrogen and oxygen atoms in total. The third-order valence-corrected chi connectivity index (χ3v) is 6.76. The molecule has 4 rings (SSSR count). The number of methoxy groups -OCH3 is 1. The lowest BCUT2D eigenvalue weighted by atomic mass is 10.0. The van der Waals surface area contributed by atoms with Gasteiger partial charge in [-0.2, -0.15) is 0 Å². The van der Waals surface area contributed by atoms with Gasteiger partial charge in [0.25, 0.3) is 0 Å². The molecule has 43 heavy (non-hydrogen) atoms. The Bertz CT molecular complexity index is 1330. The number of ether oxygens (including phenoxy) is 4. The molecule has 0 heterocycles. The largest absolute Gasteiger partial charge is 0.497 e. The SMILES string of the molecule is C=C[C@@H](OCc1ccccc1)[C@H](OCc1ccccc1)[C@@H](OCc1ccccc1)[C@H](C=O)OOCc1ccc(OC)cc1. The predicted octanol–water partition coefficient (Wildman–Crippen LogP) is 6.65. The van der Waals surface area contributed by atoms with Crippen molar-refractivity contribution in [3.8, 4) is 5.75 Å². The van der Waals surface area contributed by atoms with Crippen LogP contribution in [0.2, 0.25) is 0 Å². The summed E-state index contributed by atoms with van der Waals surface area (Å²) in [7, 11) is 1.61. The van der Waals surface area contributed by atoms with E-state index in [1.807, 2.05) is 115 Å². The zero-order chi connectivity index (χ0) is 30.1. The van der Waals surface area contributed by atoms with E-state index in [0.29, 0.717) is 12.9 Å². The summed E-state index contributed by atoms with van der Waals surface area (Å²) in [6.07, 6.45) is -1.12. The topological polar surface area (TPSA) is 72.5 Å². The maximum absolute atomic E-state index is 12.5. The van der Waals surface area contributed by atoms with Gasteiger partial charge in [0.1, 0.15) is 30.7 Å². The van der Waals surface area contributed by atoms with Crippen molar-refractivity contribution in [3.63, 3.8) is 0 Å². The molecule has 0 radical (unpaired) electrons. The lowest BCUT2D eigenvalue weighted by Gasteiger charge is -2.34. The standard InChI is InChI=1S/C36H38O7/c1-3-33(39-24-28-13-7-4-8-14-28)35(40-25-29-15-9-5-10-16-29)36(41-26-30-17-11-6-12-18-30)34(23-37)43-42-27-31-19-21-32(38-2)22-20-31/h3-23,33-36H,1,24-27H2,2H3/t33-,34+,35+,36+/m1/s1. The zero-order valence-electron chi connectivity index (χ0n) is 24.3. The lowest BCUT2D eigenvalue weighted by molar-refractivity contribution is -0.345. The number of rotatable bonds is 19. The van der Waals surface area contributed by atoms with Crippen LogP contribution in [0, 0.1) is 0 Å². The van der Waals surface area contributed by atoms with E-state index in [-0.39, 0.29) is 19.8 Å². The van der Waals surface area contributed by atoms with Gasteiger partial charge in [-0.3, -0.25) is 0 Å². The number of carbonyl (C=O) groups is 1. The van der Waals surface area contributed by atoms with Crippen LogP contribution >= 0.6 is 0 Å². The Hall–Kier alpha value is -4.11. The summed E-state index contributed by atoms with van der Waals surface area (Å²) in [5, 5.41) is 0. The molecule has 0 aliphatic rings. The molecular formula is C36H38O7. The smallest absolute Gasteiger partial charge is 0.177 e. The van der Waals surface area contributed by atoms with Gasteiger partial charge in [0.05, 0.1) is 26.9 Å². The van der Waals surface area contributed by atoms with Gasteiger partial charge in [-0.05, 0) is 34.4 Å². The number of benzene rings is 4. The first-order valence-electron chi connectivity index (χ1n) is 14.2. The number of aldehydes is 1. The molecule has 4 atom stereocenters. The van der Waals surface area contributed by atoms with Crippen LogP contribution in [0.4, 0.5) is 0 Å². The Labute approximate surface area is 253 Å². The maximum Gasteiger partial charge on any atom is 0.177 e. The minimum absolute atomic E-state index is 0.116. The van der Waals surface area contributed by atoms with Crippen molar-refractivity contribution in [3.05, 3.63) is 150 Å². The molecule has 0 aliphatic carbocycles. The van der Waals surface area contributed by atoms with Gasteiger partial charge in [-0.25, -0.2) is 9.78 Å². The van der Waals surface area contributed by atoms with Crippen LogP contribution in [0.5, 0.6) is 5.75 Å². The Morgan fingerprint density at radius 2 is 1.02 bits per heavy atom. The molecular weight excluding hydrogens is 544 g/mol. The van der Waals surface area contributed by atoms with Crippen molar-refractivity contribution >= 4 is 6.29 Å². The van der Waals surface area contributed by atoms with Gasteiger partial charge < -0.3 is 23.7 Å². The highest BCUT2D eigenvalue weighted by molar-refractivity contribution is 5.57. The van der Waals surface area contributed by atoms with Crippen LogP contribution in [0.1, 0.15) is 22.3 Å². The molecule has 0 N–H and O–H groups in total. The first-order chi connectivity index (χ1) is 21.2. The highest BCUT2D eigenvalue weighted by Crippen LogP contribution is 2.23. The molecule has 7 heteroatoms. The minimum atomic E-state index is -1.13. The Balaban J connectivity index is 1.56. The summed E-state index contributed by atoms with van der Waals surface area (Å²) in [5.41, 5.74) is 3.72. The first kappa shape index (κ1) is 31.8. The van der Waals surface area contributed by atoms with Crippen LogP contribution in [-0.2, 0) is 55.2 Å². The van der Waals surface area contributed by atoms with Gasteiger partial charge in [0, 0.05) is 0 Å². The van der Waals surface area contributed by atoms with E-state index in [9.17, 15) is 4.79 Å². The third-order valence-electron chi connectivity index (χ3n) is 6.76. The van der Waals surface area contributed by atoms with Crippen LogP contribution < -0.4 is 4.74 Å². The van der Waals surface area contributed by atoms with Crippen molar-refractivity contribution in [2.45, 2.75) is 50.8 Å². The van der Waals surface area contributed by atoms with Crippen LogP contribution in [0.25, 0.3) is 0 Å². The number of carbonyl (C=O) groups excluding carboxylic acids is 1. The quantitative estimate of drug-likeness (QED) is 0.0530. The summed E-state index contributed by atoms with van der Waals surface area (Å²) in [4.78, 5) is 23.8. The Morgan fingerprint density at radius 3 is 1.47 bits per heavy atom. The zero-order valence-corrected chi connectivity index (χ0v) is 24.3. The molecule has 0 spiro atoms. The highest BCUT2D eigenvalue weighted by atomic mass is 17.2. The van der Waals surface area contributed by atoms with Crippen molar-refractivity contribution < 1.29 is 33.5 Å². The monoisotopic (exact) mass is 582 g/mol. The average molecular weight is 583 g/mol. The molecule has 0 saturated carbocycles. The molecule has 0 aliphatic heterocycles. The van der Waals surface area contributed by atoms with Gasteiger partial charge >= 0.3 is 0 Å². The highest BCUT2D eigenvalue weighted by Gasteiger charge is 2.38. The second-order valence-electron chi connectivity index (χ2n) is 9.83.